The van der Waals surface area contributed by atoms with Crippen molar-refractivity contribution in [1.82, 2.24) is 0 Å². The highest BCUT2D eigenvalue weighted by Gasteiger charge is 2.44. The first-order valence-corrected chi connectivity index (χ1v) is 7.23. The zero-order chi connectivity index (χ0) is 14.2. The highest BCUT2D eigenvalue weighted by atomic mass is 16.5. The van der Waals surface area contributed by atoms with Gasteiger partial charge < -0.3 is 19.3 Å². The monoisotopic (exact) mass is 278 g/mol. The predicted octanol–water partition coefficient (Wildman–Crippen LogP) is 2.84. The summed E-state index contributed by atoms with van der Waals surface area (Å²) in [5, 5.41) is 10.5. The highest BCUT2D eigenvalue weighted by Crippen LogP contribution is 2.47. The van der Waals surface area contributed by atoms with Gasteiger partial charge in [0.2, 0.25) is 0 Å². The molecule has 1 aromatic rings. The van der Waals surface area contributed by atoms with Gasteiger partial charge in [-0.1, -0.05) is 0 Å². The number of ether oxygens (including phenoxy) is 3. The van der Waals surface area contributed by atoms with Gasteiger partial charge in [-0.05, 0) is 37.5 Å². The maximum absolute atomic E-state index is 10.5. The molecule has 0 amide bonds. The number of aliphatic hydroxyl groups is 1. The number of methoxy groups -OCH3 is 2. The molecule has 1 fully saturated rings. The summed E-state index contributed by atoms with van der Waals surface area (Å²) in [7, 11) is 3.38. The summed E-state index contributed by atoms with van der Waals surface area (Å²) in [5.74, 6) is 1.53. The third kappa shape index (κ3) is 2.38. The van der Waals surface area contributed by atoms with E-state index in [1.54, 1.807) is 14.2 Å². The van der Waals surface area contributed by atoms with Crippen LogP contribution in [0.4, 0.5) is 0 Å². The molecule has 1 aromatic carbocycles. The Morgan fingerprint density at radius 2 is 2.15 bits per heavy atom. The molecule has 4 nitrogen and oxygen atoms in total. The number of fused-ring (bicyclic) bond motifs is 1. The lowest BCUT2D eigenvalue weighted by Gasteiger charge is -2.45. The fourth-order valence-corrected chi connectivity index (χ4v) is 3.49. The van der Waals surface area contributed by atoms with Crippen LogP contribution < -0.4 is 9.47 Å². The highest BCUT2D eigenvalue weighted by molar-refractivity contribution is 5.43. The lowest BCUT2D eigenvalue weighted by molar-refractivity contribution is -0.0797. The topological polar surface area (TPSA) is 47.9 Å². The molecule has 1 spiro atoms. The van der Waals surface area contributed by atoms with Crippen LogP contribution in [0.1, 0.15) is 43.8 Å². The van der Waals surface area contributed by atoms with E-state index in [-0.39, 0.29) is 11.7 Å². The second kappa shape index (κ2) is 5.26. The van der Waals surface area contributed by atoms with Crippen molar-refractivity contribution in [2.45, 2.75) is 49.9 Å². The molecule has 3 rings (SSSR count). The van der Waals surface area contributed by atoms with E-state index in [0.29, 0.717) is 6.42 Å². The fourth-order valence-electron chi connectivity index (χ4n) is 3.49. The summed E-state index contributed by atoms with van der Waals surface area (Å²) in [5.41, 5.74) is 0.550. The molecule has 1 heterocycles. The molecular weight excluding hydrogens is 256 g/mol. The van der Waals surface area contributed by atoms with E-state index in [2.05, 4.69) is 0 Å². The second-order valence-corrected chi connectivity index (χ2v) is 5.86. The lowest BCUT2D eigenvalue weighted by atomic mass is 9.76. The molecule has 4 heteroatoms. The van der Waals surface area contributed by atoms with Crippen LogP contribution in [0.5, 0.6) is 11.5 Å². The van der Waals surface area contributed by atoms with Gasteiger partial charge in [-0.25, -0.2) is 0 Å². The van der Waals surface area contributed by atoms with Crippen LogP contribution in [0.25, 0.3) is 0 Å². The zero-order valence-electron chi connectivity index (χ0n) is 12.1. The fraction of sp³-hybridized carbons (Fsp3) is 0.625. The predicted molar refractivity (Wildman–Crippen MR) is 75.2 cm³/mol. The van der Waals surface area contributed by atoms with Crippen LogP contribution in [0.3, 0.4) is 0 Å². The first kappa shape index (κ1) is 13.7. The molecule has 0 aromatic heterocycles. The Morgan fingerprint density at radius 1 is 1.30 bits per heavy atom. The number of hydrogen-bond acceptors (Lipinski definition) is 4. The van der Waals surface area contributed by atoms with Crippen LogP contribution in [-0.2, 0) is 4.74 Å². The maximum Gasteiger partial charge on any atom is 0.126 e. The Morgan fingerprint density at radius 3 is 2.90 bits per heavy atom. The minimum absolute atomic E-state index is 0.232. The van der Waals surface area contributed by atoms with Crippen molar-refractivity contribution < 1.29 is 19.3 Å². The Balaban J connectivity index is 1.88. The Kier molecular flexibility index (Phi) is 3.61. The molecule has 1 aliphatic carbocycles. The summed E-state index contributed by atoms with van der Waals surface area (Å²) < 4.78 is 17.0. The summed E-state index contributed by atoms with van der Waals surface area (Å²) in [4.78, 5) is 0. The Hall–Kier alpha value is -1.26. The van der Waals surface area contributed by atoms with E-state index in [1.807, 2.05) is 18.2 Å². The molecule has 0 bridgehead atoms. The molecule has 0 radical (unpaired) electrons. The van der Waals surface area contributed by atoms with Crippen molar-refractivity contribution in [1.29, 1.82) is 0 Å². The van der Waals surface area contributed by atoms with E-state index in [1.165, 1.54) is 0 Å². The second-order valence-electron chi connectivity index (χ2n) is 5.86. The zero-order valence-corrected chi connectivity index (χ0v) is 12.1. The number of rotatable bonds is 2. The molecule has 1 aliphatic heterocycles. The van der Waals surface area contributed by atoms with E-state index in [9.17, 15) is 5.11 Å². The summed E-state index contributed by atoms with van der Waals surface area (Å²) >= 11 is 0. The van der Waals surface area contributed by atoms with Crippen LogP contribution in [0.2, 0.25) is 0 Å². The largest absolute Gasteiger partial charge is 0.497 e. The third-order valence-corrected chi connectivity index (χ3v) is 4.56. The molecule has 3 atom stereocenters. The van der Waals surface area contributed by atoms with Crippen molar-refractivity contribution >= 4 is 0 Å². The third-order valence-electron chi connectivity index (χ3n) is 4.56. The molecule has 1 N–H and O–H groups in total. The normalized spacial score (nSPS) is 32.5. The molecular formula is C16H22O4. The first-order chi connectivity index (χ1) is 9.65. The molecule has 20 heavy (non-hydrogen) atoms. The molecule has 1 saturated carbocycles. The van der Waals surface area contributed by atoms with Crippen LogP contribution in [0, 0.1) is 0 Å². The van der Waals surface area contributed by atoms with Gasteiger partial charge in [0.25, 0.3) is 0 Å². The van der Waals surface area contributed by atoms with Gasteiger partial charge in [0.05, 0.1) is 19.3 Å². The number of aliphatic hydroxyl groups excluding tert-OH is 1. The van der Waals surface area contributed by atoms with E-state index < -0.39 is 6.10 Å². The van der Waals surface area contributed by atoms with Crippen molar-refractivity contribution in [2.75, 3.05) is 14.2 Å². The first-order valence-electron chi connectivity index (χ1n) is 7.23. The van der Waals surface area contributed by atoms with E-state index in [0.717, 1.165) is 42.7 Å². The SMILES string of the molecule is COc1ccc2c(c1)[C@@H](O)CC1(CCCC(OC)C1)O2. The van der Waals surface area contributed by atoms with Gasteiger partial charge >= 0.3 is 0 Å². The van der Waals surface area contributed by atoms with Crippen LogP contribution in [0.15, 0.2) is 18.2 Å². The average molecular weight is 278 g/mol. The lowest BCUT2D eigenvalue weighted by Crippen LogP contribution is -2.46. The van der Waals surface area contributed by atoms with Crippen molar-refractivity contribution in [3.8, 4) is 11.5 Å². The van der Waals surface area contributed by atoms with Gasteiger partial charge in [-0.2, -0.15) is 0 Å². The minimum atomic E-state index is -0.496. The van der Waals surface area contributed by atoms with Gasteiger partial charge in [0.1, 0.15) is 17.1 Å². The van der Waals surface area contributed by atoms with Crippen LogP contribution >= 0.6 is 0 Å². The van der Waals surface area contributed by atoms with Crippen molar-refractivity contribution in [3.63, 3.8) is 0 Å². The number of benzene rings is 1. The van der Waals surface area contributed by atoms with Crippen molar-refractivity contribution in [3.05, 3.63) is 23.8 Å². The Bertz CT molecular complexity index is 487. The smallest absolute Gasteiger partial charge is 0.126 e. The van der Waals surface area contributed by atoms with Gasteiger partial charge in [0.15, 0.2) is 0 Å². The summed E-state index contributed by atoms with van der Waals surface area (Å²) in [6, 6.07) is 5.64. The van der Waals surface area contributed by atoms with Gasteiger partial charge in [0, 0.05) is 25.5 Å². The maximum atomic E-state index is 10.5. The van der Waals surface area contributed by atoms with E-state index >= 15 is 0 Å². The quantitative estimate of drug-likeness (QED) is 0.903. The molecule has 2 unspecified atom stereocenters. The van der Waals surface area contributed by atoms with Crippen LogP contribution in [-0.4, -0.2) is 31.0 Å². The van der Waals surface area contributed by atoms with E-state index in [4.69, 9.17) is 14.2 Å². The molecule has 2 aliphatic rings. The average Bonchev–Trinajstić information content (AvgIpc) is 2.47. The molecule has 110 valence electrons. The summed E-state index contributed by atoms with van der Waals surface area (Å²) in [6.45, 7) is 0. The van der Waals surface area contributed by atoms with Gasteiger partial charge in [-0.15, -0.1) is 0 Å². The summed E-state index contributed by atoms with van der Waals surface area (Å²) in [6.07, 6.45) is 4.36. The molecule has 0 saturated heterocycles. The standard InChI is InChI=1S/C16H22O4/c1-18-11-5-6-15-13(8-11)14(17)10-16(20-15)7-3-4-12(9-16)19-2/h5-6,8,12,14,17H,3-4,7,9-10H2,1-2H3/t12?,14-,16?/m0/s1. The van der Waals surface area contributed by atoms with Gasteiger partial charge in [-0.3, -0.25) is 0 Å². The minimum Gasteiger partial charge on any atom is -0.497 e. The Labute approximate surface area is 119 Å². The van der Waals surface area contributed by atoms with Crippen molar-refractivity contribution in [2.24, 2.45) is 0 Å². The number of hydrogen-bond donors (Lipinski definition) is 1.